The summed E-state index contributed by atoms with van der Waals surface area (Å²) in [6.07, 6.45) is 0. The van der Waals surface area contributed by atoms with E-state index in [0.717, 1.165) is 13.1 Å². The van der Waals surface area contributed by atoms with Crippen LogP contribution in [0.4, 0.5) is 5.13 Å². The van der Waals surface area contributed by atoms with Gasteiger partial charge in [-0.2, -0.15) is 4.98 Å². The van der Waals surface area contributed by atoms with Crippen LogP contribution in [0.15, 0.2) is 4.79 Å². The molecule has 4 nitrogen and oxygen atoms in total. The van der Waals surface area contributed by atoms with Crippen molar-refractivity contribution in [2.45, 2.75) is 13.8 Å². The third kappa shape index (κ3) is 2.60. The van der Waals surface area contributed by atoms with E-state index in [2.05, 4.69) is 9.97 Å². The van der Waals surface area contributed by atoms with Gasteiger partial charge in [-0.1, -0.05) is 11.3 Å². The van der Waals surface area contributed by atoms with Crippen LogP contribution in [0.3, 0.4) is 0 Å². The molecular weight excluding hydrogens is 206 g/mol. The number of H-pyrrole nitrogens is 1. The molecule has 0 unspecified atom stereocenters. The van der Waals surface area contributed by atoms with Crippen LogP contribution in [0.1, 0.15) is 13.8 Å². The maximum absolute atomic E-state index is 11.0. The second-order valence-corrected chi connectivity index (χ2v) is 4.03. The molecule has 1 heterocycles. The van der Waals surface area contributed by atoms with Gasteiger partial charge in [0, 0.05) is 13.1 Å². The minimum absolute atomic E-state index is 0.370. The highest BCUT2D eigenvalue weighted by molar-refractivity contribution is 7.73. The SMILES string of the molecule is CCN(CC)c1nc(=O)[nH]c(=S)s1. The van der Waals surface area contributed by atoms with E-state index in [9.17, 15) is 4.79 Å². The number of hydrogen-bond donors (Lipinski definition) is 1. The van der Waals surface area contributed by atoms with Gasteiger partial charge >= 0.3 is 5.69 Å². The number of aromatic nitrogens is 2. The predicted molar refractivity (Wildman–Crippen MR) is 57.1 cm³/mol. The molecule has 6 heteroatoms. The molecule has 0 saturated carbocycles. The minimum atomic E-state index is -0.370. The van der Waals surface area contributed by atoms with Gasteiger partial charge in [-0.3, -0.25) is 4.98 Å². The fraction of sp³-hybridized carbons (Fsp3) is 0.571. The van der Waals surface area contributed by atoms with E-state index in [1.165, 1.54) is 11.3 Å². The number of aromatic amines is 1. The number of nitrogens with one attached hydrogen (secondary N) is 1. The smallest absolute Gasteiger partial charge is 0.348 e. The Morgan fingerprint density at radius 1 is 1.54 bits per heavy atom. The Balaban J connectivity index is 3.13. The molecule has 72 valence electrons. The van der Waals surface area contributed by atoms with E-state index in [-0.39, 0.29) is 5.69 Å². The number of nitrogens with zero attached hydrogens (tertiary/aromatic N) is 2. The summed E-state index contributed by atoms with van der Waals surface area (Å²) >= 11 is 6.22. The van der Waals surface area contributed by atoms with Gasteiger partial charge in [-0.25, -0.2) is 4.79 Å². The van der Waals surface area contributed by atoms with Crippen LogP contribution in [0.2, 0.25) is 0 Å². The van der Waals surface area contributed by atoms with E-state index in [4.69, 9.17) is 12.2 Å². The Labute approximate surface area is 85.3 Å². The lowest BCUT2D eigenvalue weighted by Crippen LogP contribution is -2.25. The summed E-state index contributed by atoms with van der Waals surface area (Å²) in [4.78, 5) is 19.3. The number of rotatable bonds is 3. The molecule has 0 fully saturated rings. The Hall–Kier alpha value is -0.750. The highest BCUT2D eigenvalue weighted by atomic mass is 32.1. The molecule has 0 bridgehead atoms. The zero-order valence-corrected chi connectivity index (χ0v) is 9.17. The van der Waals surface area contributed by atoms with Crippen LogP contribution in [-0.4, -0.2) is 23.1 Å². The topological polar surface area (TPSA) is 49.0 Å². The maximum atomic E-state index is 11.0. The zero-order chi connectivity index (χ0) is 9.84. The van der Waals surface area contributed by atoms with Crippen LogP contribution in [0.25, 0.3) is 0 Å². The van der Waals surface area contributed by atoms with Crippen LogP contribution in [0.5, 0.6) is 0 Å². The van der Waals surface area contributed by atoms with Crippen molar-refractivity contribution in [1.82, 2.24) is 9.97 Å². The molecule has 1 aromatic rings. The van der Waals surface area contributed by atoms with Crippen LogP contribution < -0.4 is 10.6 Å². The molecule has 1 N–H and O–H groups in total. The van der Waals surface area contributed by atoms with E-state index in [1.807, 2.05) is 18.7 Å². The van der Waals surface area contributed by atoms with E-state index < -0.39 is 0 Å². The van der Waals surface area contributed by atoms with E-state index in [0.29, 0.717) is 9.09 Å². The minimum Gasteiger partial charge on any atom is -0.348 e. The lowest BCUT2D eigenvalue weighted by atomic mass is 10.6. The Morgan fingerprint density at radius 2 is 2.15 bits per heavy atom. The Bertz CT molecular complexity index is 352. The summed E-state index contributed by atoms with van der Waals surface area (Å²) in [7, 11) is 0. The highest BCUT2D eigenvalue weighted by Crippen LogP contribution is 2.13. The number of hydrogen-bond acceptors (Lipinski definition) is 5. The zero-order valence-electron chi connectivity index (χ0n) is 7.53. The van der Waals surface area contributed by atoms with Gasteiger partial charge in [0.1, 0.15) is 0 Å². The Kier molecular flexibility index (Phi) is 3.56. The van der Waals surface area contributed by atoms with E-state index in [1.54, 1.807) is 0 Å². The molecule has 1 aromatic heterocycles. The fourth-order valence-electron chi connectivity index (χ4n) is 0.963. The van der Waals surface area contributed by atoms with Crippen molar-refractivity contribution in [3.05, 3.63) is 14.4 Å². The summed E-state index contributed by atoms with van der Waals surface area (Å²) in [6.45, 7) is 5.70. The van der Waals surface area contributed by atoms with Crippen LogP contribution in [0, 0.1) is 3.95 Å². The van der Waals surface area contributed by atoms with Gasteiger partial charge in [0.2, 0.25) is 0 Å². The van der Waals surface area contributed by atoms with Gasteiger partial charge in [0.05, 0.1) is 0 Å². The molecule has 0 aliphatic carbocycles. The normalized spacial score (nSPS) is 10.0. The average molecular weight is 217 g/mol. The molecule has 1 rings (SSSR count). The van der Waals surface area contributed by atoms with E-state index >= 15 is 0 Å². The summed E-state index contributed by atoms with van der Waals surface area (Å²) in [5.41, 5.74) is -0.370. The lowest BCUT2D eigenvalue weighted by Gasteiger charge is -2.17. The summed E-state index contributed by atoms with van der Waals surface area (Å²) in [6, 6.07) is 0. The van der Waals surface area contributed by atoms with Crippen molar-refractivity contribution < 1.29 is 0 Å². The highest BCUT2D eigenvalue weighted by Gasteiger charge is 2.04. The quantitative estimate of drug-likeness (QED) is 0.778. The standard InChI is InChI=1S/C7H11N3OS2/c1-3-10(4-2)6-8-5(11)9-7(12)13-6/h3-4H2,1-2H3,(H,9,11,12). The first kappa shape index (κ1) is 10.3. The largest absolute Gasteiger partial charge is 0.349 e. The molecule has 0 aliphatic rings. The monoisotopic (exact) mass is 217 g/mol. The van der Waals surface area contributed by atoms with Crippen molar-refractivity contribution in [2.75, 3.05) is 18.0 Å². The first-order valence-electron chi connectivity index (χ1n) is 4.03. The molecule has 0 spiro atoms. The first-order valence-corrected chi connectivity index (χ1v) is 5.26. The van der Waals surface area contributed by atoms with Gasteiger partial charge in [-0.15, -0.1) is 0 Å². The van der Waals surface area contributed by atoms with Crippen molar-refractivity contribution in [3.63, 3.8) is 0 Å². The fourth-order valence-corrected chi connectivity index (χ4v) is 2.09. The summed E-state index contributed by atoms with van der Waals surface area (Å²) in [5, 5.41) is 0.693. The van der Waals surface area contributed by atoms with Crippen molar-refractivity contribution in [3.8, 4) is 0 Å². The molecule has 0 aliphatic heterocycles. The third-order valence-corrected chi connectivity index (χ3v) is 2.80. The van der Waals surface area contributed by atoms with Gasteiger partial charge in [0.25, 0.3) is 0 Å². The van der Waals surface area contributed by atoms with Crippen molar-refractivity contribution >= 4 is 28.7 Å². The molecule has 0 atom stereocenters. The lowest BCUT2D eigenvalue weighted by molar-refractivity contribution is 0.849. The molecule has 0 aromatic carbocycles. The van der Waals surface area contributed by atoms with Gasteiger partial charge < -0.3 is 4.90 Å². The Morgan fingerprint density at radius 3 is 2.62 bits per heavy atom. The summed E-state index contributed by atoms with van der Waals surface area (Å²) < 4.78 is 0.474. The van der Waals surface area contributed by atoms with Crippen molar-refractivity contribution in [2.24, 2.45) is 0 Å². The molecule has 13 heavy (non-hydrogen) atoms. The number of anilines is 1. The predicted octanol–water partition coefficient (Wildman–Crippen LogP) is 1.41. The summed E-state index contributed by atoms with van der Waals surface area (Å²) in [5.74, 6) is 0. The van der Waals surface area contributed by atoms with Crippen LogP contribution in [-0.2, 0) is 0 Å². The average Bonchev–Trinajstić information content (AvgIpc) is 2.04. The third-order valence-electron chi connectivity index (χ3n) is 1.62. The molecular formula is C7H11N3OS2. The molecule has 0 radical (unpaired) electrons. The maximum Gasteiger partial charge on any atom is 0.349 e. The van der Waals surface area contributed by atoms with Crippen molar-refractivity contribution in [1.29, 1.82) is 0 Å². The van der Waals surface area contributed by atoms with Crippen LogP contribution >= 0.6 is 23.6 Å². The molecule has 0 saturated heterocycles. The van der Waals surface area contributed by atoms with Gasteiger partial charge in [-0.05, 0) is 26.1 Å². The first-order chi connectivity index (χ1) is 6.17. The second-order valence-electron chi connectivity index (χ2n) is 2.39. The second kappa shape index (κ2) is 4.48. The van der Waals surface area contributed by atoms with Gasteiger partial charge in [0.15, 0.2) is 9.09 Å². The molecule has 0 amide bonds.